The quantitative estimate of drug-likeness (QED) is 0.501. The number of ether oxygens (including phenoxy) is 2. The van der Waals surface area contributed by atoms with Crippen LogP contribution in [0.4, 0.5) is 11.4 Å². The van der Waals surface area contributed by atoms with Crippen molar-refractivity contribution in [3.8, 4) is 5.75 Å². The van der Waals surface area contributed by atoms with Crippen LogP contribution >= 0.6 is 23.8 Å². The molecule has 1 atom stereocenters. The van der Waals surface area contributed by atoms with Crippen LogP contribution in [0.15, 0.2) is 48.5 Å². The van der Waals surface area contributed by atoms with Crippen molar-refractivity contribution in [1.29, 1.82) is 0 Å². The number of carbonyl (C=O) groups is 3. The summed E-state index contributed by atoms with van der Waals surface area (Å²) >= 11 is 11.5. The van der Waals surface area contributed by atoms with Gasteiger partial charge < -0.3 is 19.7 Å². The van der Waals surface area contributed by atoms with Gasteiger partial charge in [0.15, 0.2) is 5.11 Å². The monoisotopic (exact) mass is 461 g/mol. The molecule has 8 nitrogen and oxygen atoms in total. The molecule has 0 radical (unpaired) electrons. The zero-order valence-corrected chi connectivity index (χ0v) is 18.4. The SMILES string of the molecule is COC(=O)CN1C(=S)N(c2cccc(Cl)c2)C(=O)[C@H]1CC(=O)Nc1ccc(OC)cc1. The fraction of sp³-hybridized carbons (Fsp3) is 0.238. The van der Waals surface area contributed by atoms with E-state index in [1.807, 2.05) is 0 Å². The molecule has 3 rings (SSSR count). The maximum absolute atomic E-state index is 13.2. The van der Waals surface area contributed by atoms with E-state index in [1.54, 1.807) is 55.6 Å². The summed E-state index contributed by atoms with van der Waals surface area (Å²) in [5, 5.41) is 3.26. The smallest absolute Gasteiger partial charge is 0.325 e. The third-order valence-corrected chi connectivity index (χ3v) is 5.32. The van der Waals surface area contributed by atoms with Gasteiger partial charge in [-0.05, 0) is 54.7 Å². The summed E-state index contributed by atoms with van der Waals surface area (Å²) in [6.07, 6.45) is -0.209. The van der Waals surface area contributed by atoms with Gasteiger partial charge in [-0.3, -0.25) is 19.3 Å². The van der Waals surface area contributed by atoms with E-state index in [4.69, 9.17) is 33.3 Å². The number of thiocarbonyl (C=S) groups is 1. The van der Waals surface area contributed by atoms with E-state index in [-0.39, 0.29) is 18.1 Å². The van der Waals surface area contributed by atoms with Crippen LogP contribution in [0.1, 0.15) is 6.42 Å². The number of rotatable bonds is 7. The largest absolute Gasteiger partial charge is 0.497 e. The number of nitrogens with one attached hydrogen (secondary N) is 1. The first-order valence-corrected chi connectivity index (χ1v) is 10.0. The number of benzene rings is 2. The molecule has 0 unspecified atom stereocenters. The van der Waals surface area contributed by atoms with Gasteiger partial charge in [0, 0.05) is 10.7 Å². The molecule has 0 saturated carbocycles. The van der Waals surface area contributed by atoms with E-state index in [1.165, 1.54) is 16.9 Å². The maximum atomic E-state index is 13.2. The number of amides is 2. The Labute approximate surface area is 189 Å². The van der Waals surface area contributed by atoms with E-state index in [9.17, 15) is 14.4 Å². The second-order valence-corrected chi connectivity index (χ2v) is 7.44. The van der Waals surface area contributed by atoms with Crippen LogP contribution in [0.3, 0.4) is 0 Å². The molecule has 0 bridgehead atoms. The van der Waals surface area contributed by atoms with Crippen molar-refractivity contribution >= 4 is 58.1 Å². The van der Waals surface area contributed by atoms with Crippen molar-refractivity contribution in [2.45, 2.75) is 12.5 Å². The number of hydrogen-bond donors (Lipinski definition) is 1. The molecule has 31 heavy (non-hydrogen) atoms. The number of hydrogen-bond acceptors (Lipinski definition) is 6. The number of carbonyl (C=O) groups excluding carboxylic acids is 3. The Balaban J connectivity index is 1.82. The standard InChI is InChI=1S/C21H20ClN3O5S/c1-29-16-8-6-14(7-9-16)23-18(26)11-17-20(28)25(15-5-3-4-13(22)10-15)21(31)24(17)12-19(27)30-2/h3-10,17H,11-12H2,1-2H3,(H,23,26)/t17-/m1/s1. The third-order valence-electron chi connectivity index (χ3n) is 4.66. The second-order valence-electron chi connectivity index (χ2n) is 6.64. The minimum absolute atomic E-state index is 0.0971. The van der Waals surface area contributed by atoms with Gasteiger partial charge in [-0.25, -0.2) is 0 Å². The van der Waals surface area contributed by atoms with E-state index in [2.05, 4.69) is 5.32 Å². The Kier molecular flexibility index (Phi) is 7.09. The molecule has 1 aliphatic rings. The Morgan fingerprint density at radius 2 is 1.87 bits per heavy atom. The summed E-state index contributed by atoms with van der Waals surface area (Å²) in [6.45, 7) is -0.265. The van der Waals surface area contributed by atoms with Gasteiger partial charge in [0.1, 0.15) is 18.3 Å². The van der Waals surface area contributed by atoms with E-state index in [0.717, 1.165) is 0 Å². The molecule has 2 amide bonds. The van der Waals surface area contributed by atoms with Crippen molar-refractivity contribution in [2.75, 3.05) is 31.0 Å². The fourth-order valence-electron chi connectivity index (χ4n) is 3.13. The van der Waals surface area contributed by atoms with Crippen molar-refractivity contribution in [3.05, 3.63) is 53.6 Å². The lowest BCUT2D eigenvalue weighted by Crippen LogP contribution is -2.41. The van der Waals surface area contributed by atoms with E-state index < -0.39 is 23.8 Å². The lowest BCUT2D eigenvalue weighted by molar-refractivity contribution is -0.141. The highest BCUT2D eigenvalue weighted by atomic mass is 35.5. The molecule has 2 aromatic rings. The molecule has 162 valence electrons. The average Bonchev–Trinajstić information content (AvgIpc) is 2.98. The molecular formula is C21H20ClN3O5S. The first-order chi connectivity index (χ1) is 14.8. The maximum Gasteiger partial charge on any atom is 0.325 e. The van der Waals surface area contributed by atoms with Gasteiger partial charge in [-0.2, -0.15) is 0 Å². The summed E-state index contributed by atoms with van der Waals surface area (Å²) < 4.78 is 9.82. The highest BCUT2D eigenvalue weighted by Gasteiger charge is 2.45. The highest BCUT2D eigenvalue weighted by molar-refractivity contribution is 7.80. The van der Waals surface area contributed by atoms with Crippen molar-refractivity contribution in [1.82, 2.24) is 4.90 Å². The first-order valence-electron chi connectivity index (χ1n) is 9.25. The first kappa shape index (κ1) is 22.5. The summed E-state index contributed by atoms with van der Waals surface area (Å²) in [6, 6.07) is 12.4. The molecule has 0 aromatic heterocycles. The summed E-state index contributed by atoms with van der Waals surface area (Å²) in [5.41, 5.74) is 1.00. The van der Waals surface area contributed by atoms with Gasteiger partial charge in [0.2, 0.25) is 5.91 Å². The van der Waals surface area contributed by atoms with E-state index >= 15 is 0 Å². The lowest BCUT2D eigenvalue weighted by atomic mass is 10.1. The van der Waals surface area contributed by atoms with Gasteiger partial charge in [-0.1, -0.05) is 17.7 Å². The minimum atomic E-state index is -0.969. The van der Waals surface area contributed by atoms with Crippen LogP contribution in [0.2, 0.25) is 5.02 Å². The predicted octanol–water partition coefficient (Wildman–Crippen LogP) is 2.85. The summed E-state index contributed by atoms with van der Waals surface area (Å²) in [7, 11) is 2.78. The van der Waals surface area contributed by atoms with Gasteiger partial charge >= 0.3 is 5.97 Å². The normalized spacial score (nSPS) is 15.8. The zero-order valence-electron chi connectivity index (χ0n) is 16.8. The van der Waals surface area contributed by atoms with Crippen LogP contribution in [0.5, 0.6) is 5.75 Å². The molecule has 1 heterocycles. The minimum Gasteiger partial charge on any atom is -0.497 e. The van der Waals surface area contributed by atoms with E-state index in [0.29, 0.717) is 22.1 Å². The van der Waals surface area contributed by atoms with Crippen LogP contribution < -0.4 is 15.0 Å². The molecule has 0 spiro atoms. The molecule has 1 saturated heterocycles. The van der Waals surface area contributed by atoms with Gasteiger partial charge in [0.05, 0.1) is 26.3 Å². The number of esters is 1. The molecule has 10 heteroatoms. The number of nitrogens with zero attached hydrogens (tertiary/aromatic N) is 2. The van der Waals surface area contributed by atoms with Crippen molar-refractivity contribution in [3.63, 3.8) is 0 Å². The number of anilines is 2. The topological polar surface area (TPSA) is 88.2 Å². The van der Waals surface area contributed by atoms with Crippen LogP contribution in [0, 0.1) is 0 Å². The number of halogens is 1. The van der Waals surface area contributed by atoms with Crippen molar-refractivity contribution in [2.24, 2.45) is 0 Å². The molecule has 1 aliphatic heterocycles. The predicted molar refractivity (Wildman–Crippen MR) is 120 cm³/mol. The summed E-state index contributed by atoms with van der Waals surface area (Å²) in [5.74, 6) is -0.769. The fourth-order valence-corrected chi connectivity index (χ4v) is 3.70. The lowest BCUT2D eigenvalue weighted by Gasteiger charge is -2.22. The summed E-state index contributed by atoms with van der Waals surface area (Å²) in [4.78, 5) is 40.4. The second kappa shape index (κ2) is 9.76. The molecule has 2 aromatic carbocycles. The van der Waals surface area contributed by atoms with Gasteiger partial charge in [0.25, 0.3) is 5.91 Å². The third kappa shape index (κ3) is 5.12. The Hall–Kier alpha value is -3.17. The molecule has 0 aliphatic carbocycles. The zero-order chi connectivity index (χ0) is 22.5. The Morgan fingerprint density at radius 3 is 2.48 bits per heavy atom. The Bertz CT molecular complexity index is 1010. The number of methoxy groups -OCH3 is 2. The van der Waals surface area contributed by atoms with Crippen LogP contribution in [-0.2, 0) is 19.1 Å². The molecule has 1 N–H and O–H groups in total. The highest BCUT2D eigenvalue weighted by Crippen LogP contribution is 2.29. The molecular weight excluding hydrogens is 442 g/mol. The van der Waals surface area contributed by atoms with Crippen LogP contribution in [-0.4, -0.2) is 54.6 Å². The van der Waals surface area contributed by atoms with Gasteiger partial charge in [-0.15, -0.1) is 0 Å². The van der Waals surface area contributed by atoms with Crippen molar-refractivity contribution < 1.29 is 23.9 Å². The average molecular weight is 462 g/mol. The molecule has 1 fully saturated rings. The van der Waals surface area contributed by atoms with Crippen LogP contribution in [0.25, 0.3) is 0 Å². The Morgan fingerprint density at radius 1 is 1.16 bits per heavy atom.